The number of benzene rings is 1. The maximum atomic E-state index is 12.2. The molecule has 1 aliphatic heterocycles. The molecule has 0 radical (unpaired) electrons. The number of anilines is 2. The van der Waals surface area contributed by atoms with Gasteiger partial charge in [0.1, 0.15) is 0 Å². The molecule has 2 rings (SSSR count). The van der Waals surface area contributed by atoms with Crippen molar-refractivity contribution < 1.29 is 19.1 Å². The first kappa shape index (κ1) is 16.4. The van der Waals surface area contributed by atoms with Gasteiger partial charge in [0.15, 0.2) is 5.12 Å². The summed E-state index contributed by atoms with van der Waals surface area (Å²) in [7, 11) is 1.28. The number of ether oxygens (including phenoxy) is 1. The van der Waals surface area contributed by atoms with Gasteiger partial charge in [0.05, 0.1) is 24.0 Å². The quantitative estimate of drug-likeness (QED) is 0.670. The fourth-order valence-corrected chi connectivity index (χ4v) is 3.13. The summed E-state index contributed by atoms with van der Waals surface area (Å²) in [5, 5.41) is 0.0399. The summed E-state index contributed by atoms with van der Waals surface area (Å²) < 4.78 is 4.68. The van der Waals surface area contributed by atoms with Gasteiger partial charge in [-0.1, -0.05) is 17.8 Å². The van der Waals surface area contributed by atoms with E-state index in [0.717, 1.165) is 0 Å². The molecule has 0 aliphatic carbocycles. The number of amides is 1. The van der Waals surface area contributed by atoms with Gasteiger partial charge in [0, 0.05) is 25.6 Å². The molecule has 1 heterocycles. The van der Waals surface area contributed by atoms with Gasteiger partial charge in [-0.05, 0) is 18.1 Å². The van der Waals surface area contributed by atoms with Gasteiger partial charge in [0.2, 0.25) is 5.91 Å². The molecule has 1 fully saturated rings. The first-order chi connectivity index (χ1) is 10.4. The Bertz CT molecular complexity index is 618. The van der Waals surface area contributed by atoms with E-state index in [-0.39, 0.29) is 28.2 Å². The Morgan fingerprint density at radius 3 is 2.82 bits per heavy atom. The molecule has 0 bridgehead atoms. The molecule has 7 heteroatoms. The van der Waals surface area contributed by atoms with Crippen LogP contribution in [0.4, 0.5) is 11.4 Å². The van der Waals surface area contributed by atoms with Crippen LogP contribution in [0.2, 0.25) is 0 Å². The summed E-state index contributed by atoms with van der Waals surface area (Å²) in [6.07, 6.45) is 0.377. The number of carbonyl (C=O) groups is 3. The van der Waals surface area contributed by atoms with E-state index in [0.29, 0.717) is 24.4 Å². The summed E-state index contributed by atoms with van der Waals surface area (Å²) in [6.45, 7) is 2.00. The maximum Gasteiger partial charge on any atom is 0.340 e. The number of thioether (sulfide) groups is 1. The fraction of sp³-hybridized carbons (Fsp3) is 0.400. The minimum atomic E-state index is -0.533. The minimum absolute atomic E-state index is 0.0399. The van der Waals surface area contributed by atoms with E-state index >= 15 is 0 Å². The SMILES string of the molecule is COC(=O)c1cccc(N2CC(CSC(C)=O)CC2=O)c1N. The summed E-state index contributed by atoms with van der Waals surface area (Å²) in [5.41, 5.74) is 7.02. The Morgan fingerprint density at radius 2 is 2.18 bits per heavy atom. The highest BCUT2D eigenvalue weighted by molar-refractivity contribution is 8.13. The smallest absolute Gasteiger partial charge is 0.340 e. The van der Waals surface area contributed by atoms with Gasteiger partial charge in [0.25, 0.3) is 0 Å². The van der Waals surface area contributed by atoms with Gasteiger partial charge < -0.3 is 15.4 Å². The van der Waals surface area contributed by atoms with Gasteiger partial charge >= 0.3 is 5.97 Å². The summed E-state index contributed by atoms with van der Waals surface area (Å²) in [5.74, 6) is 0.119. The van der Waals surface area contributed by atoms with Crippen molar-refractivity contribution in [2.24, 2.45) is 5.92 Å². The Morgan fingerprint density at radius 1 is 1.45 bits per heavy atom. The first-order valence-electron chi connectivity index (χ1n) is 6.84. The molecule has 0 saturated carbocycles. The number of nitrogens with zero attached hydrogens (tertiary/aromatic N) is 1. The predicted octanol–water partition coefficient (Wildman–Crippen LogP) is 1.69. The average molecular weight is 322 g/mol. The van der Waals surface area contributed by atoms with E-state index in [1.165, 1.54) is 25.8 Å². The van der Waals surface area contributed by atoms with Crippen molar-refractivity contribution in [2.75, 3.05) is 30.0 Å². The zero-order valence-electron chi connectivity index (χ0n) is 12.5. The van der Waals surface area contributed by atoms with Crippen molar-refractivity contribution in [3.8, 4) is 0 Å². The second-order valence-corrected chi connectivity index (χ2v) is 6.30. The number of para-hydroxylation sites is 1. The first-order valence-corrected chi connectivity index (χ1v) is 7.83. The molecule has 0 spiro atoms. The van der Waals surface area contributed by atoms with Crippen LogP contribution in [0.3, 0.4) is 0 Å². The molecule has 118 valence electrons. The van der Waals surface area contributed by atoms with E-state index in [9.17, 15) is 14.4 Å². The van der Waals surface area contributed by atoms with Crippen LogP contribution in [-0.2, 0) is 14.3 Å². The number of carbonyl (C=O) groups excluding carboxylic acids is 3. The van der Waals surface area contributed by atoms with Crippen LogP contribution >= 0.6 is 11.8 Å². The lowest BCUT2D eigenvalue weighted by molar-refractivity contribution is -0.117. The van der Waals surface area contributed by atoms with Gasteiger partial charge in [-0.25, -0.2) is 4.79 Å². The fourth-order valence-electron chi connectivity index (χ4n) is 2.44. The maximum absolute atomic E-state index is 12.2. The van der Waals surface area contributed by atoms with Gasteiger partial charge in [-0.2, -0.15) is 0 Å². The van der Waals surface area contributed by atoms with Crippen molar-refractivity contribution in [2.45, 2.75) is 13.3 Å². The van der Waals surface area contributed by atoms with Crippen LogP contribution in [0.25, 0.3) is 0 Å². The monoisotopic (exact) mass is 322 g/mol. The third-order valence-electron chi connectivity index (χ3n) is 3.51. The molecule has 0 aromatic heterocycles. The van der Waals surface area contributed by atoms with Gasteiger partial charge in [-0.15, -0.1) is 0 Å². The molecule has 2 N–H and O–H groups in total. The molecular weight excluding hydrogens is 304 g/mol. The minimum Gasteiger partial charge on any atom is -0.465 e. The number of methoxy groups -OCH3 is 1. The number of nitrogen functional groups attached to an aromatic ring is 1. The number of hydrogen-bond donors (Lipinski definition) is 1. The lowest BCUT2D eigenvalue weighted by atomic mass is 10.1. The zero-order chi connectivity index (χ0) is 16.3. The molecule has 1 aromatic carbocycles. The highest BCUT2D eigenvalue weighted by atomic mass is 32.2. The number of esters is 1. The molecule has 1 aliphatic rings. The third-order valence-corrected chi connectivity index (χ3v) is 4.55. The van der Waals surface area contributed by atoms with Crippen LogP contribution in [0, 0.1) is 5.92 Å². The van der Waals surface area contributed by atoms with Crippen molar-refractivity contribution in [3.05, 3.63) is 23.8 Å². The Kier molecular flexibility index (Phi) is 5.07. The Hall–Kier alpha value is -2.02. The van der Waals surface area contributed by atoms with Crippen molar-refractivity contribution in [1.82, 2.24) is 0 Å². The zero-order valence-corrected chi connectivity index (χ0v) is 13.3. The van der Waals surface area contributed by atoms with E-state index in [4.69, 9.17) is 5.73 Å². The second-order valence-electron chi connectivity index (χ2n) is 5.11. The molecule has 1 atom stereocenters. The predicted molar refractivity (Wildman–Crippen MR) is 85.8 cm³/mol. The van der Waals surface area contributed by atoms with E-state index in [2.05, 4.69) is 4.74 Å². The van der Waals surface area contributed by atoms with Crippen LogP contribution in [0.15, 0.2) is 18.2 Å². The van der Waals surface area contributed by atoms with E-state index < -0.39 is 5.97 Å². The molecule has 1 amide bonds. The largest absolute Gasteiger partial charge is 0.465 e. The highest BCUT2D eigenvalue weighted by Crippen LogP contribution is 2.33. The van der Waals surface area contributed by atoms with Crippen LogP contribution in [-0.4, -0.2) is 36.4 Å². The van der Waals surface area contributed by atoms with Crippen LogP contribution in [0.5, 0.6) is 0 Å². The third kappa shape index (κ3) is 3.41. The standard InChI is InChI=1S/C15H18N2O4S/c1-9(18)22-8-10-6-13(19)17(7-10)12-5-3-4-11(14(12)16)15(20)21-2/h3-5,10H,6-8,16H2,1-2H3. The molecule has 1 saturated heterocycles. The van der Waals surface area contributed by atoms with Crippen LogP contribution in [0.1, 0.15) is 23.7 Å². The molecular formula is C15H18N2O4S. The molecule has 6 nitrogen and oxygen atoms in total. The highest BCUT2D eigenvalue weighted by Gasteiger charge is 2.32. The van der Waals surface area contributed by atoms with Crippen molar-refractivity contribution >= 4 is 40.1 Å². The molecule has 1 aromatic rings. The van der Waals surface area contributed by atoms with Crippen molar-refractivity contribution in [3.63, 3.8) is 0 Å². The van der Waals surface area contributed by atoms with E-state index in [1.54, 1.807) is 23.1 Å². The Labute approximate surface area is 133 Å². The lowest BCUT2D eigenvalue weighted by Crippen LogP contribution is -2.26. The summed E-state index contributed by atoms with van der Waals surface area (Å²) >= 11 is 1.22. The number of hydrogen-bond acceptors (Lipinski definition) is 6. The van der Waals surface area contributed by atoms with Gasteiger partial charge in [-0.3, -0.25) is 9.59 Å². The van der Waals surface area contributed by atoms with E-state index in [1.807, 2.05) is 0 Å². The molecule has 1 unspecified atom stereocenters. The summed E-state index contributed by atoms with van der Waals surface area (Å²) in [6, 6.07) is 4.94. The van der Waals surface area contributed by atoms with Crippen molar-refractivity contribution in [1.29, 1.82) is 0 Å². The topological polar surface area (TPSA) is 89.7 Å². The lowest BCUT2D eigenvalue weighted by Gasteiger charge is -2.20. The number of rotatable bonds is 4. The average Bonchev–Trinajstić information content (AvgIpc) is 2.85. The number of nitrogens with two attached hydrogens (primary N) is 1. The Balaban J connectivity index is 2.20. The normalized spacial score (nSPS) is 17.6. The molecule has 22 heavy (non-hydrogen) atoms. The summed E-state index contributed by atoms with van der Waals surface area (Å²) in [4.78, 5) is 36.5. The second kappa shape index (κ2) is 6.83. The van der Waals surface area contributed by atoms with Crippen LogP contribution < -0.4 is 10.6 Å².